The maximum atomic E-state index is 12.3. The van der Waals surface area contributed by atoms with E-state index in [0.717, 1.165) is 0 Å². The monoisotopic (exact) mass is 320 g/mol. The van der Waals surface area contributed by atoms with E-state index in [-0.39, 0.29) is 6.42 Å². The molecule has 0 radical (unpaired) electrons. The summed E-state index contributed by atoms with van der Waals surface area (Å²) in [5.74, 6) is -1.39. The molecule has 5 atom stereocenters. The third-order valence-electron chi connectivity index (χ3n) is 4.20. The molecule has 0 aromatic carbocycles. The molecule has 1 fully saturated rings. The molecular weight excluding hydrogens is 296 g/mol. The van der Waals surface area contributed by atoms with Gasteiger partial charge in [-0.05, 0) is 6.42 Å². The molecule has 0 aromatic rings. The maximum Gasteiger partial charge on any atom is 0.238 e. The Morgan fingerprint density at radius 1 is 1.05 bits per heavy atom. The van der Waals surface area contributed by atoms with Gasteiger partial charge in [0.25, 0.3) is 0 Å². The summed E-state index contributed by atoms with van der Waals surface area (Å²) < 4.78 is 5.40. The highest BCUT2D eigenvalue weighted by Gasteiger charge is 2.59. The number of ether oxygens (including phenoxy) is 1. The Kier molecular flexibility index (Phi) is 6.27. The Labute approximate surface area is 128 Å². The molecule has 0 bridgehead atoms. The molecule has 1 saturated heterocycles. The number of amides is 2. The maximum absolute atomic E-state index is 12.3. The Bertz CT molecular complexity index is 399. The van der Waals surface area contributed by atoms with Gasteiger partial charge in [-0.1, -0.05) is 6.92 Å². The lowest BCUT2D eigenvalue weighted by molar-refractivity contribution is -0.252. The molecule has 1 aliphatic rings. The van der Waals surface area contributed by atoms with Crippen molar-refractivity contribution < 1.29 is 34.8 Å². The third-order valence-corrected chi connectivity index (χ3v) is 4.20. The fourth-order valence-corrected chi connectivity index (χ4v) is 2.84. The first-order chi connectivity index (χ1) is 10.3. The summed E-state index contributed by atoms with van der Waals surface area (Å²) in [6, 6.07) is 0. The van der Waals surface area contributed by atoms with Crippen LogP contribution >= 0.6 is 0 Å². The Morgan fingerprint density at radius 3 is 1.91 bits per heavy atom. The van der Waals surface area contributed by atoms with E-state index in [9.17, 15) is 30.0 Å². The average molecular weight is 320 g/mol. The molecular formula is C13H24N2O7. The largest absolute Gasteiger partial charge is 0.394 e. The Morgan fingerprint density at radius 2 is 1.55 bits per heavy atom. The minimum Gasteiger partial charge on any atom is -0.394 e. The molecule has 0 aromatic heterocycles. The molecule has 9 heteroatoms. The second-order valence-electron chi connectivity index (χ2n) is 5.23. The lowest BCUT2D eigenvalue weighted by Gasteiger charge is -2.46. The number of nitrogens with one attached hydrogen (secondary N) is 2. The van der Waals surface area contributed by atoms with Gasteiger partial charge in [0.15, 0.2) is 5.41 Å². The van der Waals surface area contributed by atoms with Gasteiger partial charge < -0.3 is 35.8 Å². The molecule has 1 heterocycles. The van der Waals surface area contributed by atoms with Crippen molar-refractivity contribution in [3.8, 4) is 0 Å². The van der Waals surface area contributed by atoms with Crippen molar-refractivity contribution in [2.24, 2.45) is 5.41 Å². The first-order valence-electron chi connectivity index (χ1n) is 7.06. The van der Waals surface area contributed by atoms with E-state index in [1.54, 1.807) is 6.92 Å². The third kappa shape index (κ3) is 2.82. The zero-order chi connectivity index (χ0) is 17.1. The van der Waals surface area contributed by atoms with Crippen LogP contribution in [0, 0.1) is 5.41 Å². The number of hydrogen-bond acceptors (Lipinski definition) is 7. The van der Waals surface area contributed by atoms with Crippen LogP contribution in [0.4, 0.5) is 0 Å². The zero-order valence-corrected chi connectivity index (χ0v) is 12.8. The summed E-state index contributed by atoms with van der Waals surface area (Å²) in [5, 5.41) is 43.8. The summed E-state index contributed by atoms with van der Waals surface area (Å²) in [5.41, 5.74) is -1.81. The second kappa shape index (κ2) is 7.34. The highest BCUT2D eigenvalue weighted by Crippen LogP contribution is 2.37. The van der Waals surface area contributed by atoms with E-state index >= 15 is 0 Å². The molecule has 1 aliphatic heterocycles. The molecule has 9 nitrogen and oxygen atoms in total. The van der Waals surface area contributed by atoms with E-state index in [2.05, 4.69) is 10.6 Å². The standard InChI is InChI=1S/C13H24N2O7/c1-4-13(11(20)14-2,12(21)15-3)10-9(19)8(18)7(17)6(5-16)22-10/h6-10,16-19H,4-5H2,1-3H3,(H,14,20)(H,15,21)/t6-,7-,8+,9-,10-/m1/s1. The van der Waals surface area contributed by atoms with Gasteiger partial charge in [0.2, 0.25) is 11.8 Å². The number of aliphatic hydroxyl groups excluding tert-OH is 4. The van der Waals surface area contributed by atoms with Crippen LogP contribution in [0.15, 0.2) is 0 Å². The molecule has 0 saturated carbocycles. The summed E-state index contributed by atoms with van der Waals surface area (Å²) in [6.45, 7) is 0.925. The Hall–Kier alpha value is -1.26. The van der Waals surface area contributed by atoms with Crippen LogP contribution in [0.3, 0.4) is 0 Å². The van der Waals surface area contributed by atoms with Gasteiger partial charge >= 0.3 is 0 Å². The first kappa shape index (κ1) is 18.8. The number of carbonyl (C=O) groups is 2. The molecule has 2 amide bonds. The van der Waals surface area contributed by atoms with Crippen molar-refractivity contribution in [1.82, 2.24) is 10.6 Å². The van der Waals surface area contributed by atoms with E-state index in [0.29, 0.717) is 0 Å². The molecule has 1 rings (SSSR count). The number of carbonyl (C=O) groups excluding carboxylic acids is 2. The predicted molar refractivity (Wildman–Crippen MR) is 74.6 cm³/mol. The van der Waals surface area contributed by atoms with Gasteiger partial charge in [-0.2, -0.15) is 0 Å². The van der Waals surface area contributed by atoms with E-state index in [4.69, 9.17) is 4.74 Å². The highest BCUT2D eigenvalue weighted by atomic mass is 16.5. The van der Waals surface area contributed by atoms with Crippen molar-refractivity contribution in [2.45, 2.75) is 43.9 Å². The topological polar surface area (TPSA) is 148 Å². The van der Waals surface area contributed by atoms with Gasteiger partial charge in [-0.3, -0.25) is 9.59 Å². The molecule has 6 N–H and O–H groups in total. The lowest BCUT2D eigenvalue weighted by Crippen LogP contribution is -2.68. The lowest BCUT2D eigenvalue weighted by atomic mass is 9.72. The van der Waals surface area contributed by atoms with Crippen LogP contribution in [0.1, 0.15) is 13.3 Å². The highest BCUT2D eigenvalue weighted by molar-refractivity contribution is 6.05. The van der Waals surface area contributed by atoms with Crippen LogP contribution in [-0.2, 0) is 14.3 Å². The fourth-order valence-electron chi connectivity index (χ4n) is 2.84. The average Bonchev–Trinajstić information content (AvgIpc) is 2.54. The summed E-state index contributed by atoms with van der Waals surface area (Å²) in [6.07, 6.45) is -7.52. The molecule has 0 aliphatic carbocycles. The predicted octanol–water partition coefficient (Wildman–Crippen LogP) is -3.28. The van der Waals surface area contributed by atoms with Crippen molar-refractivity contribution in [1.29, 1.82) is 0 Å². The first-order valence-corrected chi connectivity index (χ1v) is 7.06. The van der Waals surface area contributed by atoms with Gasteiger partial charge in [-0.15, -0.1) is 0 Å². The van der Waals surface area contributed by atoms with Crippen LogP contribution < -0.4 is 10.6 Å². The van der Waals surface area contributed by atoms with Gasteiger partial charge in [0.1, 0.15) is 30.5 Å². The van der Waals surface area contributed by atoms with E-state index in [1.165, 1.54) is 14.1 Å². The summed E-state index contributed by atoms with van der Waals surface area (Å²) in [7, 11) is 2.67. The number of hydrogen-bond donors (Lipinski definition) is 6. The van der Waals surface area contributed by atoms with E-state index in [1.807, 2.05) is 0 Å². The molecule has 0 spiro atoms. The quantitative estimate of drug-likeness (QED) is 0.291. The minimum absolute atomic E-state index is 0.0188. The van der Waals surface area contributed by atoms with Crippen molar-refractivity contribution in [3.63, 3.8) is 0 Å². The van der Waals surface area contributed by atoms with Crippen LogP contribution in [0.2, 0.25) is 0 Å². The molecule has 0 unspecified atom stereocenters. The van der Waals surface area contributed by atoms with Gasteiger partial charge in [-0.25, -0.2) is 0 Å². The fraction of sp³-hybridized carbons (Fsp3) is 0.846. The van der Waals surface area contributed by atoms with Gasteiger partial charge in [0.05, 0.1) is 6.61 Å². The zero-order valence-electron chi connectivity index (χ0n) is 12.8. The Balaban J connectivity index is 3.34. The second-order valence-corrected chi connectivity index (χ2v) is 5.23. The van der Waals surface area contributed by atoms with Crippen molar-refractivity contribution in [3.05, 3.63) is 0 Å². The number of rotatable bonds is 5. The smallest absolute Gasteiger partial charge is 0.238 e. The normalized spacial score (nSPS) is 32.4. The number of aliphatic hydroxyl groups is 4. The van der Waals surface area contributed by atoms with Crippen molar-refractivity contribution >= 4 is 11.8 Å². The SMILES string of the molecule is CCC(C(=O)NC)(C(=O)NC)[C@@H]1O[C@H](CO)[C@@H](O)[C@H](O)[C@H]1O. The van der Waals surface area contributed by atoms with Crippen molar-refractivity contribution in [2.75, 3.05) is 20.7 Å². The van der Waals surface area contributed by atoms with E-state index < -0.39 is 54.4 Å². The summed E-state index contributed by atoms with van der Waals surface area (Å²) in [4.78, 5) is 24.6. The van der Waals surface area contributed by atoms with Crippen LogP contribution in [0.25, 0.3) is 0 Å². The molecule has 128 valence electrons. The molecule has 22 heavy (non-hydrogen) atoms. The van der Waals surface area contributed by atoms with Crippen LogP contribution in [-0.4, -0.2) is 83.5 Å². The van der Waals surface area contributed by atoms with Crippen LogP contribution in [0.5, 0.6) is 0 Å². The minimum atomic E-state index is -1.81. The van der Waals surface area contributed by atoms with Gasteiger partial charge in [0, 0.05) is 14.1 Å². The summed E-state index contributed by atoms with van der Waals surface area (Å²) >= 11 is 0.